The van der Waals surface area contributed by atoms with E-state index in [9.17, 15) is 13.2 Å². The Bertz CT molecular complexity index is 1360. The Morgan fingerprint density at radius 1 is 1.03 bits per heavy atom. The van der Waals surface area contributed by atoms with Gasteiger partial charge in [0.2, 0.25) is 10.0 Å². The summed E-state index contributed by atoms with van der Waals surface area (Å²) >= 11 is 0. The first-order chi connectivity index (χ1) is 15.9. The van der Waals surface area contributed by atoms with E-state index in [1.165, 1.54) is 10.6 Å². The number of hydrogen-bond donors (Lipinski definition) is 1. The molecule has 0 aliphatic carbocycles. The van der Waals surface area contributed by atoms with Crippen molar-refractivity contribution in [2.75, 3.05) is 18.4 Å². The quantitative estimate of drug-likeness (QED) is 0.429. The van der Waals surface area contributed by atoms with Gasteiger partial charge in [0, 0.05) is 24.7 Å². The lowest BCUT2D eigenvalue weighted by Gasteiger charge is -2.18. The van der Waals surface area contributed by atoms with E-state index in [1.807, 2.05) is 38.1 Å². The van der Waals surface area contributed by atoms with Crippen molar-refractivity contribution in [3.8, 4) is 0 Å². The molecule has 1 N–H and O–H groups in total. The fourth-order valence-electron chi connectivity index (χ4n) is 3.61. The molecule has 9 nitrogen and oxygen atoms in total. The summed E-state index contributed by atoms with van der Waals surface area (Å²) in [4.78, 5) is 21.0. The smallest absolute Gasteiger partial charge is 0.277 e. The molecule has 2 aromatic carbocycles. The van der Waals surface area contributed by atoms with Crippen molar-refractivity contribution in [1.29, 1.82) is 0 Å². The SMILES string of the molecule is CCN(CC)S(=O)(=O)c1ccc(Cn2nc(C(=O)Nc3ccncn3)c3ccccc32)cc1. The van der Waals surface area contributed by atoms with Crippen molar-refractivity contribution in [3.05, 3.63) is 78.4 Å². The van der Waals surface area contributed by atoms with Gasteiger partial charge < -0.3 is 5.32 Å². The van der Waals surface area contributed by atoms with Crippen LogP contribution < -0.4 is 5.32 Å². The maximum absolute atomic E-state index is 12.9. The van der Waals surface area contributed by atoms with Crippen molar-refractivity contribution in [3.63, 3.8) is 0 Å². The van der Waals surface area contributed by atoms with E-state index in [0.29, 0.717) is 30.8 Å². The van der Waals surface area contributed by atoms with Crippen LogP contribution in [-0.4, -0.2) is 51.5 Å². The third-order valence-corrected chi connectivity index (χ3v) is 7.36. The molecule has 0 spiro atoms. The Morgan fingerprint density at radius 3 is 2.42 bits per heavy atom. The third kappa shape index (κ3) is 4.62. The molecule has 0 fully saturated rings. The number of carbonyl (C=O) groups excluding carboxylic acids is 1. The highest BCUT2D eigenvalue weighted by molar-refractivity contribution is 7.89. The molecule has 0 unspecified atom stereocenters. The molecule has 0 aliphatic rings. The summed E-state index contributed by atoms with van der Waals surface area (Å²) in [6.45, 7) is 4.85. The summed E-state index contributed by atoms with van der Waals surface area (Å²) in [6, 6.07) is 15.8. The Labute approximate surface area is 192 Å². The molecule has 10 heteroatoms. The molecular weight excluding hydrogens is 440 g/mol. The number of nitrogens with zero attached hydrogens (tertiary/aromatic N) is 5. The van der Waals surface area contributed by atoms with E-state index >= 15 is 0 Å². The van der Waals surface area contributed by atoms with Gasteiger partial charge >= 0.3 is 0 Å². The summed E-state index contributed by atoms with van der Waals surface area (Å²) < 4.78 is 28.6. The molecule has 0 saturated carbocycles. The van der Waals surface area contributed by atoms with Crippen LogP contribution in [0.1, 0.15) is 29.9 Å². The highest BCUT2D eigenvalue weighted by Crippen LogP contribution is 2.22. The number of aromatic nitrogens is 4. The first kappa shape index (κ1) is 22.6. The monoisotopic (exact) mass is 464 g/mol. The zero-order valence-electron chi connectivity index (χ0n) is 18.3. The fourth-order valence-corrected chi connectivity index (χ4v) is 5.07. The molecule has 4 rings (SSSR count). The molecular formula is C23H24N6O3S. The minimum Gasteiger partial charge on any atom is -0.305 e. The second kappa shape index (κ2) is 9.47. The van der Waals surface area contributed by atoms with Gasteiger partial charge in [0.05, 0.1) is 17.0 Å². The molecule has 0 saturated heterocycles. The Hall–Kier alpha value is -3.63. The number of rotatable bonds is 8. The van der Waals surface area contributed by atoms with Crippen LogP contribution in [0.3, 0.4) is 0 Å². The Morgan fingerprint density at radius 2 is 1.76 bits per heavy atom. The van der Waals surface area contributed by atoms with Crippen LogP contribution in [0.25, 0.3) is 10.9 Å². The van der Waals surface area contributed by atoms with Crippen LogP contribution in [0.5, 0.6) is 0 Å². The zero-order valence-corrected chi connectivity index (χ0v) is 19.2. The number of carbonyl (C=O) groups is 1. The number of fused-ring (bicyclic) bond motifs is 1. The van der Waals surface area contributed by atoms with Crippen molar-refractivity contribution in [1.82, 2.24) is 24.1 Å². The largest absolute Gasteiger partial charge is 0.305 e. The van der Waals surface area contributed by atoms with E-state index < -0.39 is 10.0 Å². The van der Waals surface area contributed by atoms with E-state index in [4.69, 9.17) is 0 Å². The van der Waals surface area contributed by atoms with Crippen molar-refractivity contribution in [2.45, 2.75) is 25.3 Å². The molecule has 2 heterocycles. The lowest BCUT2D eigenvalue weighted by Crippen LogP contribution is -2.30. The van der Waals surface area contributed by atoms with Crippen LogP contribution >= 0.6 is 0 Å². The van der Waals surface area contributed by atoms with Gasteiger partial charge in [-0.2, -0.15) is 9.40 Å². The van der Waals surface area contributed by atoms with Crippen molar-refractivity contribution < 1.29 is 13.2 Å². The van der Waals surface area contributed by atoms with Gasteiger partial charge in [0.25, 0.3) is 5.91 Å². The lowest BCUT2D eigenvalue weighted by atomic mass is 10.2. The van der Waals surface area contributed by atoms with Crippen LogP contribution in [0, 0.1) is 0 Å². The van der Waals surface area contributed by atoms with Crippen molar-refractivity contribution >= 4 is 32.7 Å². The Balaban J connectivity index is 1.61. The van der Waals surface area contributed by atoms with Crippen LogP contribution in [0.2, 0.25) is 0 Å². The second-order valence-corrected chi connectivity index (χ2v) is 9.24. The maximum atomic E-state index is 12.9. The standard InChI is InChI=1S/C23H24N6O3S/c1-3-28(4-2)33(31,32)18-11-9-17(10-12-18)15-29-20-8-6-5-7-19(20)22(27-29)23(30)26-21-13-14-24-16-25-21/h5-14,16H,3-4,15H2,1-2H3,(H,24,25,26,30). The van der Waals surface area contributed by atoms with E-state index in [0.717, 1.165) is 11.1 Å². The average molecular weight is 465 g/mol. The summed E-state index contributed by atoms with van der Waals surface area (Å²) in [6.07, 6.45) is 2.90. The number of nitrogens with one attached hydrogen (secondary N) is 1. The van der Waals surface area contributed by atoms with Crippen LogP contribution in [0.15, 0.2) is 72.0 Å². The van der Waals surface area contributed by atoms with E-state index in [-0.39, 0.29) is 16.5 Å². The first-order valence-electron chi connectivity index (χ1n) is 10.6. The van der Waals surface area contributed by atoms with Crippen LogP contribution in [-0.2, 0) is 16.6 Å². The number of sulfonamides is 1. The maximum Gasteiger partial charge on any atom is 0.277 e. The summed E-state index contributed by atoms with van der Waals surface area (Å²) in [5.41, 5.74) is 1.94. The molecule has 1 amide bonds. The highest BCUT2D eigenvalue weighted by Gasteiger charge is 2.22. The van der Waals surface area contributed by atoms with Gasteiger partial charge in [-0.25, -0.2) is 18.4 Å². The zero-order chi connectivity index (χ0) is 23.4. The van der Waals surface area contributed by atoms with Gasteiger partial charge in [-0.15, -0.1) is 0 Å². The topological polar surface area (TPSA) is 110 Å². The number of benzene rings is 2. The average Bonchev–Trinajstić information content (AvgIpc) is 3.19. The predicted molar refractivity (Wildman–Crippen MR) is 125 cm³/mol. The number of amides is 1. The predicted octanol–water partition coefficient (Wildman–Crippen LogP) is 3.16. The van der Waals surface area contributed by atoms with Crippen molar-refractivity contribution in [2.24, 2.45) is 0 Å². The summed E-state index contributed by atoms with van der Waals surface area (Å²) in [5, 5.41) is 7.99. The summed E-state index contributed by atoms with van der Waals surface area (Å²) in [7, 11) is -3.51. The molecule has 0 radical (unpaired) electrons. The van der Waals surface area contributed by atoms with E-state index in [2.05, 4.69) is 20.4 Å². The number of para-hydroxylation sites is 1. The lowest BCUT2D eigenvalue weighted by molar-refractivity contribution is 0.102. The molecule has 33 heavy (non-hydrogen) atoms. The molecule has 170 valence electrons. The normalized spacial score (nSPS) is 11.7. The molecule has 0 bridgehead atoms. The number of anilines is 1. The molecule has 0 aliphatic heterocycles. The molecule has 0 atom stereocenters. The minimum absolute atomic E-state index is 0.255. The van der Waals surface area contributed by atoms with Gasteiger partial charge in [-0.3, -0.25) is 9.48 Å². The fraction of sp³-hybridized carbons (Fsp3) is 0.217. The van der Waals surface area contributed by atoms with E-state index in [1.54, 1.807) is 41.2 Å². The Kier molecular flexibility index (Phi) is 6.47. The highest BCUT2D eigenvalue weighted by atomic mass is 32.2. The van der Waals surface area contributed by atoms with Gasteiger partial charge in [-0.05, 0) is 29.8 Å². The van der Waals surface area contributed by atoms with Gasteiger partial charge in [0.15, 0.2) is 5.69 Å². The molecule has 2 aromatic heterocycles. The third-order valence-electron chi connectivity index (χ3n) is 5.30. The minimum atomic E-state index is -3.51. The van der Waals surface area contributed by atoms with Crippen LogP contribution in [0.4, 0.5) is 5.82 Å². The number of hydrogen-bond acceptors (Lipinski definition) is 6. The molecule has 4 aromatic rings. The van der Waals surface area contributed by atoms with Gasteiger partial charge in [-0.1, -0.05) is 44.2 Å². The summed E-state index contributed by atoms with van der Waals surface area (Å²) in [5.74, 6) is 0.0166. The van der Waals surface area contributed by atoms with Gasteiger partial charge in [0.1, 0.15) is 12.1 Å². The first-order valence-corrected chi connectivity index (χ1v) is 12.0. The second-order valence-electron chi connectivity index (χ2n) is 7.31.